The van der Waals surface area contributed by atoms with E-state index in [1.807, 2.05) is 4.72 Å². The molecule has 0 aliphatic heterocycles. The number of hydrogen-bond donors (Lipinski definition) is 2. The molecule has 0 amide bonds. The lowest BCUT2D eigenvalue weighted by Crippen LogP contribution is -2.27. The first kappa shape index (κ1) is 13.1. The quantitative estimate of drug-likeness (QED) is 0.524. The minimum atomic E-state index is -4.05. The summed E-state index contributed by atoms with van der Waals surface area (Å²) in [4.78, 5) is 0. The van der Waals surface area contributed by atoms with Gasteiger partial charge in [0.1, 0.15) is 0 Å². The molecule has 1 unspecified atom stereocenters. The van der Waals surface area contributed by atoms with Crippen LogP contribution in [0.15, 0.2) is 0 Å². The highest BCUT2D eigenvalue weighted by Gasteiger charge is 2.03. The van der Waals surface area contributed by atoms with E-state index in [-0.39, 0.29) is 24.3 Å². The van der Waals surface area contributed by atoms with Gasteiger partial charge in [0.2, 0.25) is 0 Å². The van der Waals surface area contributed by atoms with Gasteiger partial charge in [-0.05, 0) is 6.92 Å². The largest absolute Gasteiger partial charge is 0.333 e. The van der Waals surface area contributed by atoms with Crippen molar-refractivity contribution in [2.24, 2.45) is 0 Å². The van der Waals surface area contributed by atoms with E-state index in [1.165, 1.54) is 0 Å². The van der Waals surface area contributed by atoms with Gasteiger partial charge in [-0.25, -0.2) is 0 Å². The Balaban J connectivity index is 0. The van der Waals surface area contributed by atoms with Gasteiger partial charge in [0.15, 0.2) is 0 Å². The van der Waals surface area contributed by atoms with Crippen molar-refractivity contribution in [1.29, 1.82) is 0 Å². The molecule has 0 saturated heterocycles. The minimum absolute atomic E-state index is 0. The van der Waals surface area contributed by atoms with Gasteiger partial charge < -0.3 is 0 Å². The highest BCUT2D eigenvalue weighted by Crippen LogP contribution is 1.89. The van der Waals surface area contributed by atoms with Crippen LogP contribution in [-0.4, -0.2) is 24.9 Å². The van der Waals surface area contributed by atoms with Gasteiger partial charge in [0, 0.05) is 11.9 Å². The first-order valence-corrected chi connectivity index (χ1v) is 4.15. The smallest absolute Gasteiger partial charge is 0.273 e. The normalized spacial score (nSPS) is 13.9. The predicted molar refractivity (Wildman–Crippen MR) is 42.1 cm³/mol. The number of alkyl halides is 1. The Labute approximate surface area is 71.2 Å². The molecule has 0 saturated carbocycles. The molecular weight excluding hydrogens is 201 g/mol. The highest BCUT2D eigenvalue weighted by atomic mass is 35.5. The molecule has 4 nitrogen and oxygen atoms in total. The van der Waals surface area contributed by atoms with Crippen molar-refractivity contribution in [3.63, 3.8) is 0 Å². The van der Waals surface area contributed by atoms with Crippen LogP contribution in [0.3, 0.4) is 0 Å². The van der Waals surface area contributed by atoms with Crippen molar-refractivity contribution in [3.8, 4) is 0 Å². The molecule has 64 valence electrons. The van der Waals surface area contributed by atoms with E-state index in [0.717, 1.165) is 0 Å². The third kappa shape index (κ3) is 11.3. The summed E-state index contributed by atoms with van der Waals surface area (Å²) in [5, 5.41) is -0.313. The maximum atomic E-state index is 9.92. The Morgan fingerprint density at radius 1 is 1.70 bits per heavy atom. The lowest BCUT2D eigenvalue weighted by atomic mass is 10.5. The second-order valence-corrected chi connectivity index (χ2v) is 3.59. The maximum absolute atomic E-state index is 9.92. The summed E-state index contributed by atoms with van der Waals surface area (Å²) in [7, 11) is -4.05. The first-order chi connectivity index (χ1) is 3.92. The molecule has 0 aromatic carbocycles. The molecular formula is C3H9Cl2NO3S. The van der Waals surface area contributed by atoms with E-state index in [1.54, 1.807) is 6.92 Å². The van der Waals surface area contributed by atoms with E-state index in [4.69, 9.17) is 16.2 Å². The zero-order chi connectivity index (χ0) is 7.49. The molecule has 10 heavy (non-hydrogen) atoms. The Bertz CT molecular complexity index is 167. The van der Waals surface area contributed by atoms with Crippen molar-refractivity contribution in [3.05, 3.63) is 0 Å². The second kappa shape index (κ2) is 5.15. The topological polar surface area (TPSA) is 66.4 Å². The van der Waals surface area contributed by atoms with Gasteiger partial charge in [-0.15, -0.1) is 24.0 Å². The van der Waals surface area contributed by atoms with Gasteiger partial charge in [-0.2, -0.15) is 13.1 Å². The molecule has 0 aromatic rings. The first-order valence-electron chi connectivity index (χ1n) is 2.28. The zero-order valence-electron chi connectivity index (χ0n) is 5.24. The zero-order valence-corrected chi connectivity index (χ0v) is 7.63. The average molecular weight is 210 g/mol. The van der Waals surface area contributed by atoms with Crippen LogP contribution in [0.2, 0.25) is 0 Å². The third-order valence-electron chi connectivity index (χ3n) is 0.547. The number of nitrogens with one attached hydrogen (secondary N) is 1. The van der Waals surface area contributed by atoms with Crippen molar-refractivity contribution >= 4 is 34.3 Å². The summed E-state index contributed by atoms with van der Waals surface area (Å²) in [6, 6.07) is 0. The van der Waals surface area contributed by atoms with Crippen molar-refractivity contribution in [2.45, 2.75) is 12.3 Å². The number of hydrogen-bond acceptors (Lipinski definition) is 2. The summed E-state index contributed by atoms with van der Waals surface area (Å²) in [5.41, 5.74) is 0. The lowest BCUT2D eigenvalue weighted by Gasteiger charge is -2.00. The fraction of sp³-hybridized carbons (Fsp3) is 1.00. The van der Waals surface area contributed by atoms with Crippen molar-refractivity contribution < 1.29 is 13.0 Å². The standard InChI is InChI=1S/C3H8ClNO3S.ClH/c1-3(4)2-5-9(6,7)8;/h3,5H,2H2,1H3,(H,6,7,8);1H. The van der Waals surface area contributed by atoms with Gasteiger partial charge in [-0.1, -0.05) is 0 Å². The van der Waals surface area contributed by atoms with Crippen LogP contribution in [0.4, 0.5) is 0 Å². The van der Waals surface area contributed by atoms with E-state index >= 15 is 0 Å². The van der Waals surface area contributed by atoms with E-state index in [2.05, 4.69) is 0 Å². The molecule has 7 heteroatoms. The predicted octanol–water partition coefficient (Wildman–Crippen LogP) is 0.428. The molecule has 2 N–H and O–H groups in total. The van der Waals surface area contributed by atoms with Crippen molar-refractivity contribution in [2.75, 3.05) is 6.54 Å². The Hall–Kier alpha value is 0.450. The van der Waals surface area contributed by atoms with Crippen LogP contribution >= 0.6 is 24.0 Å². The third-order valence-corrected chi connectivity index (χ3v) is 1.23. The fourth-order valence-corrected chi connectivity index (χ4v) is 0.849. The summed E-state index contributed by atoms with van der Waals surface area (Å²) < 4.78 is 29.7. The van der Waals surface area contributed by atoms with Crippen LogP contribution in [0.1, 0.15) is 6.92 Å². The molecule has 0 aromatic heterocycles. The molecule has 0 aliphatic rings. The second-order valence-electron chi connectivity index (χ2n) is 1.60. The Morgan fingerprint density at radius 3 is 2.20 bits per heavy atom. The van der Waals surface area contributed by atoms with Crippen LogP contribution in [0, 0.1) is 0 Å². The molecule has 0 aliphatic carbocycles. The van der Waals surface area contributed by atoms with Gasteiger partial charge >= 0.3 is 10.3 Å². The SMILES string of the molecule is CC(Cl)CNS(=O)(=O)O.Cl. The monoisotopic (exact) mass is 209 g/mol. The van der Waals surface area contributed by atoms with Crippen LogP contribution in [0.5, 0.6) is 0 Å². The van der Waals surface area contributed by atoms with E-state index < -0.39 is 10.3 Å². The van der Waals surface area contributed by atoms with Crippen LogP contribution < -0.4 is 4.72 Å². The summed E-state index contributed by atoms with van der Waals surface area (Å²) >= 11 is 5.35. The molecule has 0 spiro atoms. The fourth-order valence-electron chi connectivity index (χ4n) is 0.220. The summed E-state index contributed by atoms with van der Waals surface area (Å²) in [6.45, 7) is 1.65. The molecule has 0 bridgehead atoms. The maximum Gasteiger partial charge on any atom is 0.333 e. The molecule has 0 heterocycles. The highest BCUT2D eigenvalue weighted by molar-refractivity contribution is 7.83. The van der Waals surface area contributed by atoms with Gasteiger partial charge in [-0.3, -0.25) is 4.55 Å². The van der Waals surface area contributed by atoms with Gasteiger partial charge in [0.05, 0.1) is 0 Å². The summed E-state index contributed by atoms with van der Waals surface area (Å²) in [6.07, 6.45) is 0. The number of rotatable bonds is 3. The average Bonchev–Trinajstić information content (AvgIpc) is 1.59. The summed E-state index contributed by atoms with van der Waals surface area (Å²) in [5.74, 6) is 0. The molecule has 0 radical (unpaired) electrons. The number of halogens is 2. The minimum Gasteiger partial charge on any atom is -0.273 e. The van der Waals surface area contributed by atoms with E-state index in [9.17, 15) is 8.42 Å². The van der Waals surface area contributed by atoms with Gasteiger partial charge in [0.25, 0.3) is 0 Å². The van der Waals surface area contributed by atoms with Crippen LogP contribution in [0.25, 0.3) is 0 Å². The molecule has 0 rings (SSSR count). The Kier molecular flexibility index (Phi) is 6.73. The van der Waals surface area contributed by atoms with E-state index in [0.29, 0.717) is 0 Å². The Morgan fingerprint density at radius 2 is 2.10 bits per heavy atom. The van der Waals surface area contributed by atoms with Crippen molar-refractivity contribution in [1.82, 2.24) is 4.72 Å². The van der Waals surface area contributed by atoms with Crippen LogP contribution in [-0.2, 0) is 10.3 Å². The molecule has 0 fully saturated rings. The molecule has 1 atom stereocenters. The lowest BCUT2D eigenvalue weighted by molar-refractivity contribution is 0.468.